The van der Waals surface area contributed by atoms with Gasteiger partial charge in [-0.3, -0.25) is 0 Å². The summed E-state index contributed by atoms with van der Waals surface area (Å²) in [6.07, 6.45) is 2.55. The van der Waals surface area contributed by atoms with Gasteiger partial charge in [0, 0.05) is 0 Å². The van der Waals surface area contributed by atoms with Crippen molar-refractivity contribution in [3.63, 3.8) is 0 Å². The minimum atomic E-state index is 0.194. The van der Waals surface area contributed by atoms with Crippen LogP contribution in [0.4, 0.5) is 0 Å². The molecule has 1 saturated carbocycles. The predicted octanol–water partition coefficient (Wildman–Crippen LogP) is 3.69. The molecule has 1 aliphatic rings. The Kier molecular flexibility index (Phi) is 2.69. The van der Waals surface area contributed by atoms with E-state index in [2.05, 4.69) is 19.1 Å². The van der Waals surface area contributed by atoms with Crippen LogP contribution < -0.4 is 4.74 Å². The van der Waals surface area contributed by atoms with Crippen LogP contribution in [-0.4, -0.2) is 7.11 Å². The molecule has 0 bridgehead atoms. The van der Waals surface area contributed by atoms with Crippen LogP contribution in [0.15, 0.2) is 18.2 Å². The zero-order chi connectivity index (χ0) is 10.1. The molecule has 0 amide bonds. The highest BCUT2D eigenvalue weighted by atomic mass is 35.5. The van der Waals surface area contributed by atoms with E-state index in [0.717, 1.165) is 11.3 Å². The van der Waals surface area contributed by atoms with Gasteiger partial charge in [0.1, 0.15) is 5.75 Å². The van der Waals surface area contributed by atoms with Crippen LogP contribution in [-0.2, 0) is 0 Å². The van der Waals surface area contributed by atoms with Gasteiger partial charge >= 0.3 is 0 Å². The Labute approximate surface area is 90.0 Å². The highest BCUT2D eigenvalue weighted by Gasteiger charge is 2.30. The van der Waals surface area contributed by atoms with Crippen LogP contribution in [0.3, 0.4) is 0 Å². The molecule has 0 N–H and O–H groups in total. The molecule has 0 heterocycles. The van der Waals surface area contributed by atoms with E-state index in [0.29, 0.717) is 5.92 Å². The first-order valence-corrected chi connectivity index (χ1v) is 5.44. The molecule has 0 spiro atoms. The summed E-state index contributed by atoms with van der Waals surface area (Å²) in [7, 11) is 1.70. The van der Waals surface area contributed by atoms with Crippen LogP contribution in [0, 0.1) is 12.8 Å². The van der Waals surface area contributed by atoms with Crippen LogP contribution in [0.2, 0.25) is 0 Å². The van der Waals surface area contributed by atoms with Crippen molar-refractivity contribution in [3.8, 4) is 5.75 Å². The molecule has 14 heavy (non-hydrogen) atoms. The minimum absolute atomic E-state index is 0.194. The molecular weight excluding hydrogens is 196 g/mol. The summed E-state index contributed by atoms with van der Waals surface area (Å²) in [5, 5.41) is 0.194. The van der Waals surface area contributed by atoms with Gasteiger partial charge in [0.05, 0.1) is 12.5 Å². The second-order valence-corrected chi connectivity index (χ2v) is 4.44. The third kappa shape index (κ3) is 1.88. The van der Waals surface area contributed by atoms with E-state index in [1.54, 1.807) is 7.11 Å². The van der Waals surface area contributed by atoms with Crippen molar-refractivity contribution >= 4 is 11.6 Å². The average molecular weight is 211 g/mol. The molecule has 0 radical (unpaired) electrons. The van der Waals surface area contributed by atoms with E-state index >= 15 is 0 Å². The Hall–Kier alpha value is -0.690. The number of benzene rings is 1. The Morgan fingerprint density at radius 3 is 2.64 bits per heavy atom. The average Bonchev–Trinajstić information content (AvgIpc) is 3.00. The van der Waals surface area contributed by atoms with E-state index in [-0.39, 0.29) is 5.38 Å². The fourth-order valence-electron chi connectivity index (χ4n) is 1.73. The molecule has 0 saturated heterocycles. The van der Waals surface area contributed by atoms with Gasteiger partial charge in [-0.15, -0.1) is 11.6 Å². The van der Waals surface area contributed by atoms with Crippen molar-refractivity contribution in [3.05, 3.63) is 29.3 Å². The first-order valence-electron chi connectivity index (χ1n) is 5.01. The van der Waals surface area contributed by atoms with Gasteiger partial charge in [-0.2, -0.15) is 0 Å². The van der Waals surface area contributed by atoms with Crippen molar-refractivity contribution in [2.24, 2.45) is 5.92 Å². The van der Waals surface area contributed by atoms with Gasteiger partial charge in [-0.25, -0.2) is 0 Å². The predicted molar refractivity (Wildman–Crippen MR) is 59.0 cm³/mol. The fraction of sp³-hybridized carbons (Fsp3) is 0.500. The maximum Gasteiger partial charge on any atom is 0.121 e. The van der Waals surface area contributed by atoms with Crippen molar-refractivity contribution in [2.75, 3.05) is 7.11 Å². The smallest absolute Gasteiger partial charge is 0.121 e. The molecule has 0 aliphatic heterocycles. The molecule has 1 aromatic carbocycles. The zero-order valence-electron chi connectivity index (χ0n) is 8.59. The maximum absolute atomic E-state index is 6.33. The van der Waals surface area contributed by atoms with Gasteiger partial charge in [0.15, 0.2) is 0 Å². The Balaban J connectivity index is 2.22. The molecule has 1 fully saturated rings. The van der Waals surface area contributed by atoms with Gasteiger partial charge in [-0.1, -0.05) is 12.1 Å². The molecule has 2 heteroatoms. The lowest BCUT2D eigenvalue weighted by Crippen LogP contribution is -1.95. The third-order valence-corrected chi connectivity index (χ3v) is 3.38. The molecular formula is C12H15ClO. The summed E-state index contributed by atoms with van der Waals surface area (Å²) in [6, 6.07) is 6.21. The normalized spacial score (nSPS) is 17.9. The number of methoxy groups -OCH3 is 1. The molecule has 0 aromatic heterocycles. The van der Waals surface area contributed by atoms with E-state index in [1.807, 2.05) is 6.07 Å². The highest BCUT2D eigenvalue weighted by Crippen LogP contribution is 2.45. The summed E-state index contributed by atoms with van der Waals surface area (Å²) in [5.41, 5.74) is 2.39. The van der Waals surface area contributed by atoms with Gasteiger partial charge in [0.2, 0.25) is 0 Å². The second-order valence-electron chi connectivity index (χ2n) is 3.97. The van der Waals surface area contributed by atoms with Crippen molar-refractivity contribution < 1.29 is 4.74 Å². The van der Waals surface area contributed by atoms with Crippen LogP contribution >= 0.6 is 11.6 Å². The van der Waals surface area contributed by atoms with Crippen molar-refractivity contribution in [1.29, 1.82) is 0 Å². The largest absolute Gasteiger partial charge is 0.496 e. The SMILES string of the molecule is COc1ccc(C(Cl)C2CC2)cc1C. The van der Waals surface area contributed by atoms with Crippen molar-refractivity contribution in [1.82, 2.24) is 0 Å². The summed E-state index contributed by atoms with van der Waals surface area (Å²) >= 11 is 6.33. The van der Waals surface area contributed by atoms with Gasteiger partial charge in [-0.05, 0) is 42.9 Å². The van der Waals surface area contributed by atoms with Crippen LogP contribution in [0.25, 0.3) is 0 Å². The van der Waals surface area contributed by atoms with E-state index < -0.39 is 0 Å². The summed E-state index contributed by atoms with van der Waals surface area (Å²) < 4.78 is 5.21. The lowest BCUT2D eigenvalue weighted by atomic mass is 10.1. The molecule has 76 valence electrons. The van der Waals surface area contributed by atoms with Crippen LogP contribution in [0.1, 0.15) is 29.3 Å². The number of hydrogen-bond acceptors (Lipinski definition) is 1. The highest BCUT2D eigenvalue weighted by molar-refractivity contribution is 6.21. The lowest BCUT2D eigenvalue weighted by molar-refractivity contribution is 0.411. The van der Waals surface area contributed by atoms with Crippen LogP contribution in [0.5, 0.6) is 5.75 Å². The summed E-state index contributed by atoms with van der Waals surface area (Å²) in [5.74, 6) is 1.64. The number of halogens is 1. The number of alkyl halides is 1. The minimum Gasteiger partial charge on any atom is -0.496 e. The Morgan fingerprint density at radius 1 is 1.43 bits per heavy atom. The number of aryl methyl sites for hydroxylation is 1. The maximum atomic E-state index is 6.33. The monoisotopic (exact) mass is 210 g/mol. The van der Waals surface area contributed by atoms with E-state index in [1.165, 1.54) is 18.4 Å². The standard InChI is InChI=1S/C12H15ClO/c1-8-7-10(5-6-11(8)14-2)12(13)9-3-4-9/h5-7,9,12H,3-4H2,1-2H3. The first-order chi connectivity index (χ1) is 6.72. The molecule has 2 rings (SSSR count). The topological polar surface area (TPSA) is 9.23 Å². The second kappa shape index (κ2) is 3.82. The molecule has 1 atom stereocenters. The fourth-order valence-corrected chi connectivity index (χ4v) is 2.12. The van der Waals surface area contributed by atoms with Gasteiger partial charge < -0.3 is 4.74 Å². The van der Waals surface area contributed by atoms with E-state index in [4.69, 9.17) is 16.3 Å². The molecule has 1 unspecified atom stereocenters. The van der Waals surface area contributed by atoms with Crippen molar-refractivity contribution in [2.45, 2.75) is 25.1 Å². The number of hydrogen-bond donors (Lipinski definition) is 0. The summed E-state index contributed by atoms with van der Waals surface area (Å²) in [6.45, 7) is 2.05. The molecule has 1 aromatic rings. The first kappa shape index (κ1) is 9.85. The lowest BCUT2D eigenvalue weighted by Gasteiger charge is -2.11. The quantitative estimate of drug-likeness (QED) is 0.692. The third-order valence-electron chi connectivity index (χ3n) is 2.77. The zero-order valence-corrected chi connectivity index (χ0v) is 9.34. The molecule has 1 aliphatic carbocycles. The van der Waals surface area contributed by atoms with E-state index in [9.17, 15) is 0 Å². The Bertz CT molecular complexity index is 331. The summed E-state index contributed by atoms with van der Waals surface area (Å²) in [4.78, 5) is 0. The number of rotatable bonds is 3. The number of ether oxygens (including phenoxy) is 1. The molecule has 1 nitrogen and oxygen atoms in total. The Morgan fingerprint density at radius 2 is 2.14 bits per heavy atom. The van der Waals surface area contributed by atoms with Gasteiger partial charge in [0.25, 0.3) is 0 Å².